The second kappa shape index (κ2) is 7.50. The molecule has 0 bridgehead atoms. The maximum atomic E-state index is 5.65. The number of rotatable bonds is 7. The van der Waals surface area contributed by atoms with Crippen molar-refractivity contribution < 1.29 is 4.74 Å². The number of piperidine rings is 1. The van der Waals surface area contributed by atoms with Crippen molar-refractivity contribution in [2.75, 3.05) is 26.7 Å². The standard InChI is InChI=1S/C15H27N3OS/c1-4-7-16-9-14-17-13(11-20-14)10-18-8-5-6-15(2,12-18)19-3/h11,16H,4-10,12H2,1-3H3. The van der Waals surface area contributed by atoms with E-state index in [1.807, 2.05) is 7.11 Å². The Hall–Kier alpha value is -0.490. The summed E-state index contributed by atoms with van der Waals surface area (Å²) < 4.78 is 5.65. The number of hydrogen-bond donors (Lipinski definition) is 1. The maximum Gasteiger partial charge on any atom is 0.107 e. The molecule has 1 aromatic rings. The van der Waals surface area contributed by atoms with Gasteiger partial charge in [-0.1, -0.05) is 6.92 Å². The van der Waals surface area contributed by atoms with Crippen LogP contribution in [0.25, 0.3) is 0 Å². The van der Waals surface area contributed by atoms with Gasteiger partial charge in [0.15, 0.2) is 0 Å². The Morgan fingerprint density at radius 1 is 1.55 bits per heavy atom. The summed E-state index contributed by atoms with van der Waals surface area (Å²) >= 11 is 1.76. The minimum Gasteiger partial charge on any atom is -0.377 e. The van der Waals surface area contributed by atoms with Crippen LogP contribution in [0.4, 0.5) is 0 Å². The first-order chi connectivity index (χ1) is 9.65. The van der Waals surface area contributed by atoms with E-state index in [0.29, 0.717) is 0 Å². The molecule has 1 N–H and O–H groups in total. The van der Waals surface area contributed by atoms with Gasteiger partial charge in [0.1, 0.15) is 5.01 Å². The summed E-state index contributed by atoms with van der Waals surface area (Å²) in [4.78, 5) is 7.19. The number of nitrogens with one attached hydrogen (secondary N) is 1. The molecule has 4 nitrogen and oxygen atoms in total. The number of ether oxygens (including phenoxy) is 1. The summed E-state index contributed by atoms with van der Waals surface area (Å²) in [6, 6.07) is 0. The predicted octanol–water partition coefficient (Wildman–Crippen LogP) is 2.64. The Bertz CT molecular complexity index is 410. The largest absolute Gasteiger partial charge is 0.377 e. The van der Waals surface area contributed by atoms with Crippen LogP contribution in [-0.2, 0) is 17.8 Å². The van der Waals surface area contributed by atoms with Gasteiger partial charge < -0.3 is 10.1 Å². The van der Waals surface area contributed by atoms with Crippen LogP contribution in [0.15, 0.2) is 5.38 Å². The molecule has 0 amide bonds. The highest BCUT2D eigenvalue weighted by Crippen LogP contribution is 2.25. The Morgan fingerprint density at radius 3 is 3.15 bits per heavy atom. The van der Waals surface area contributed by atoms with Crippen LogP contribution in [0.5, 0.6) is 0 Å². The molecule has 1 fully saturated rings. The molecular formula is C15H27N3OS. The summed E-state index contributed by atoms with van der Waals surface area (Å²) in [5.41, 5.74) is 1.21. The first kappa shape index (κ1) is 15.9. The molecule has 1 aromatic heterocycles. The predicted molar refractivity (Wildman–Crippen MR) is 84.0 cm³/mol. The van der Waals surface area contributed by atoms with Crippen LogP contribution in [-0.4, -0.2) is 42.2 Å². The van der Waals surface area contributed by atoms with Crippen LogP contribution >= 0.6 is 11.3 Å². The average molecular weight is 297 g/mol. The lowest BCUT2D eigenvalue weighted by Gasteiger charge is -2.39. The van der Waals surface area contributed by atoms with Gasteiger partial charge in [-0.25, -0.2) is 4.98 Å². The van der Waals surface area contributed by atoms with E-state index in [4.69, 9.17) is 9.72 Å². The van der Waals surface area contributed by atoms with E-state index in [-0.39, 0.29) is 5.60 Å². The van der Waals surface area contributed by atoms with Gasteiger partial charge in [0.25, 0.3) is 0 Å². The fraction of sp³-hybridized carbons (Fsp3) is 0.800. The van der Waals surface area contributed by atoms with E-state index in [2.05, 4.69) is 29.4 Å². The molecule has 1 unspecified atom stereocenters. The van der Waals surface area contributed by atoms with Crippen molar-refractivity contribution in [1.82, 2.24) is 15.2 Å². The number of thiazole rings is 1. The highest BCUT2D eigenvalue weighted by Gasteiger charge is 2.30. The summed E-state index contributed by atoms with van der Waals surface area (Å²) in [5.74, 6) is 0. The number of hydrogen-bond acceptors (Lipinski definition) is 5. The fourth-order valence-electron chi connectivity index (χ4n) is 2.71. The molecule has 1 aliphatic rings. The van der Waals surface area contributed by atoms with Gasteiger partial charge in [-0.05, 0) is 39.3 Å². The van der Waals surface area contributed by atoms with Crippen molar-refractivity contribution in [1.29, 1.82) is 0 Å². The van der Waals surface area contributed by atoms with Gasteiger partial charge in [0.05, 0.1) is 11.3 Å². The molecule has 1 aliphatic heterocycles. The summed E-state index contributed by atoms with van der Waals surface area (Å²) in [5, 5.41) is 6.80. The van der Waals surface area contributed by atoms with Crippen molar-refractivity contribution in [2.24, 2.45) is 0 Å². The smallest absolute Gasteiger partial charge is 0.107 e. The molecule has 0 aromatic carbocycles. The topological polar surface area (TPSA) is 37.4 Å². The van der Waals surface area contributed by atoms with E-state index < -0.39 is 0 Å². The zero-order valence-electron chi connectivity index (χ0n) is 12.9. The third-order valence-corrected chi connectivity index (χ3v) is 4.82. The lowest BCUT2D eigenvalue weighted by atomic mass is 9.95. The van der Waals surface area contributed by atoms with E-state index in [0.717, 1.165) is 39.1 Å². The molecule has 5 heteroatoms. The number of aromatic nitrogens is 1. The third-order valence-electron chi connectivity index (χ3n) is 3.92. The molecule has 1 saturated heterocycles. The van der Waals surface area contributed by atoms with Crippen molar-refractivity contribution in [3.8, 4) is 0 Å². The highest BCUT2D eigenvalue weighted by atomic mass is 32.1. The zero-order chi connectivity index (χ0) is 14.4. The van der Waals surface area contributed by atoms with Crippen LogP contribution in [0, 0.1) is 0 Å². The van der Waals surface area contributed by atoms with E-state index >= 15 is 0 Å². The molecular weight excluding hydrogens is 270 g/mol. The molecule has 20 heavy (non-hydrogen) atoms. The Morgan fingerprint density at radius 2 is 2.40 bits per heavy atom. The summed E-state index contributed by atoms with van der Waals surface area (Å²) in [6.45, 7) is 9.46. The maximum absolute atomic E-state index is 5.65. The number of nitrogens with zero attached hydrogens (tertiary/aromatic N) is 2. The SMILES string of the molecule is CCCNCc1nc(CN2CCCC(C)(OC)C2)cs1. The minimum absolute atomic E-state index is 0.0137. The first-order valence-corrected chi connectivity index (χ1v) is 8.44. The van der Waals surface area contributed by atoms with Crippen molar-refractivity contribution in [2.45, 2.75) is 51.8 Å². The Labute approximate surface area is 126 Å². The minimum atomic E-state index is 0.0137. The van der Waals surface area contributed by atoms with Gasteiger partial charge in [-0.3, -0.25) is 4.90 Å². The van der Waals surface area contributed by atoms with Crippen molar-refractivity contribution in [3.63, 3.8) is 0 Å². The molecule has 0 radical (unpaired) electrons. The first-order valence-electron chi connectivity index (χ1n) is 7.57. The van der Waals surface area contributed by atoms with Crippen LogP contribution in [0.2, 0.25) is 0 Å². The Balaban J connectivity index is 1.84. The molecule has 0 spiro atoms. The van der Waals surface area contributed by atoms with Crippen molar-refractivity contribution in [3.05, 3.63) is 16.1 Å². The van der Waals surface area contributed by atoms with E-state index in [1.165, 1.54) is 23.5 Å². The lowest BCUT2D eigenvalue weighted by Crippen LogP contribution is -2.46. The molecule has 114 valence electrons. The Kier molecular flexibility index (Phi) is 5.96. The molecule has 0 saturated carbocycles. The number of likely N-dealkylation sites (tertiary alicyclic amines) is 1. The van der Waals surface area contributed by atoms with Crippen LogP contribution < -0.4 is 5.32 Å². The van der Waals surface area contributed by atoms with Gasteiger partial charge in [0.2, 0.25) is 0 Å². The average Bonchev–Trinajstić information content (AvgIpc) is 2.87. The zero-order valence-corrected chi connectivity index (χ0v) is 13.8. The van der Waals surface area contributed by atoms with E-state index in [1.54, 1.807) is 11.3 Å². The number of methoxy groups -OCH3 is 1. The van der Waals surface area contributed by atoms with Gasteiger partial charge >= 0.3 is 0 Å². The van der Waals surface area contributed by atoms with Crippen LogP contribution in [0.1, 0.15) is 43.8 Å². The van der Waals surface area contributed by atoms with Crippen molar-refractivity contribution >= 4 is 11.3 Å². The molecule has 2 heterocycles. The van der Waals surface area contributed by atoms with E-state index in [9.17, 15) is 0 Å². The lowest BCUT2D eigenvalue weighted by molar-refractivity contribution is -0.0529. The molecule has 2 rings (SSSR count). The monoisotopic (exact) mass is 297 g/mol. The third kappa shape index (κ3) is 4.52. The fourth-order valence-corrected chi connectivity index (χ4v) is 3.47. The normalized spacial score (nSPS) is 24.1. The highest BCUT2D eigenvalue weighted by molar-refractivity contribution is 7.09. The summed E-state index contributed by atoms with van der Waals surface area (Å²) in [6.07, 6.45) is 3.53. The van der Waals surface area contributed by atoms with Gasteiger partial charge in [-0.15, -0.1) is 11.3 Å². The van der Waals surface area contributed by atoms with Gasteiger partial charge in [-0.2, -0.15) is 0 Å². The molecule has 0 aliphatic carbocycles. The quantitative estimate of drug-likeness (QED) is 0.785. The van der Waals surface area contributed by atoms with Crippen LogP contribution in [0.3, 0.4) is 0 Å². The van der Waals surface area contributed by atoms with Gasteiger partial charge in [0, 0.05) is 32.1 Å². The summed E-state index contributed by atoms with van der Waals surface area (Å²) in [7, 11) is 1.82. The molecule has 1 atom stereocenters. The second-order valence-electron chi connectivity index (χ2n) is 5.88. The second-order valence-corrected chi connectivity index (χ2v) is 6.82.